The molecular formula is C13H18ClN4+. The maximum Gasteiger partial charge on any atom is 0.139 e. The molecule has 4 bridgehead atoms. The molecule has 0 radical (unpaired) electrons. The van der Waals surface area contributed by atoms with Crippen molar-refractivity contribution in [3.63, 3.8) is 0 Å². The van der Waals surface area contributed by atoms with E-state index in [1.165, 1.54) is 25.6 Å². The average molecular weight is 266 g/mol. The summed E-state index contributed by atoms with van der Waals surface area (Å²) in [6.45, 7) is 8.13. The molecular weight excluding hydrogens is 248 g/mol. The Bertz CT molecular complexity index is 423. The highest BCUT2D eigenvalue weighted by molar-refractivity contribution is 6.30. The Morgan fingerprint density at radius 3 is 1.89 bits per heavy atom. The van der Waals surface area contributed by atoms with Crippen LogP contribution in [0.15, 0.2) is 24.3 Å². The number of rotatable bonds is 2. The lowest BCUT2D eigenvalue weighted by Crippen LogP contribution is -2.78. The summed E-state index contributed by atoms with van der Waals surface area (Å²) in [6.07, 6.45) is 0. The summed E-state index contributed by atoms with van der Waals surface area (Å²) in [5.74, 6) is 0. The fourth-order valence-electron chi connectivity index (χ4n) is 3.79. The van der Waals surface area contributed by atoms with Gasteiger partial charge in [-0.1, -0.05) is 23.7 Å². The first kappa shape index (κ1) is 11.2. The van der Waals surface area contributed by atoms with Crippen LogP contribution in [-0.4, -0.2) is 59.2 Å². The molecule has 0 aromatic heterocycles. The fourth-order valence-corrected chi connectivity index (χ4v) is 3.91. The third-order valence-corrected chi connectivity index (χ3v) is 4.38. The first-order valence-corrected chi connectivity index (χ1v) is 6.85. The quantitative estimate of drug-likeness (QED) is 0.748. The summed E-state index contributed by atoms with van der Waals surface area (Å²) < 4.78 is 1.15. The van der Waals surface area contributed by atoms with Crippen molar-refractivity contribution >= 4 is 11.6 Å². The van der Waals surface area contributed by atoms with E-state index in [1.807, 2.05) is 12.1 Å². The van der Waals surface area contributed by atoms with E-state index in [-0.39, 0.29) is 0 Å². The Kier molecular flexibility index (Phi) is 2.44. The molecule has 0 atom stereocenters. The van der Waals surface area contributed by atoms with E-state index in [0.717, 1.165) is 36.1 Å². The van der Waals surface area contributed by atoms with Crippen molar-refractivity contribution in [2.24, 2.45) is 0 Å². The predicted molar refractivity (Wildman–Crippen MR) is 70.1 cm³/mol. The minimum absolute atomic E-state index is 0.827. The molecule has 4 aliphatic heterocycles. The Labute approximate surface area is 113 Å². The molecule has 5 heteroatoms. The second-order valence-corrected chi connectivity index (χ2v) is 6.42. The maximum absolute atomic E-state index is 5.96. The lowest BCUT2D eigenvalue weighted by atomic mass is 10.1. The minimum Gasteiger partial charge on any atom is -0.282 e. The molecule has 4 aliphatic rings. The van der Waals surface area contributed by atoms with Crippen molar-refractivity contribution in [2.75, 3.05) is 40.0 Å². The van der Waals surface area contributed by atoms with Crippen LogP contribution in [0.1, 0.15) is 5.56 Å². The van der Waals surface area contributed by atoms with Gasteiger partial charge in [0.15, 0.2) is 0 Å². The number of halogens is 1. The summed E-state index contributed by atoms with van der Waals surface area (Å²) >= 11 is 5.96. The van der Waals surface area contributed by atoms with E-state index in [9.17, 15) is 0 Å². The maximum atomic E-state index is 5.96. The molecule has 1 aromatic carbocycles. The number of hydrogen-bond acceptors (Lipinski definition) is 3. The van der Waals surface area contributed by atoms with Gasteiger partial charge in [0.2, 0.25) is 0 Å². The Balaban J connectivity index is 1.58. The van der Waals surface area contributed by atoms with Crippen LogP contribution in [0.25, 0.3) is 0 Å². The van der Waals surface area contributed by atoms with Crippen LogP contribution >= 0.6 is 11.6 Å². The number of nitrogens with zero attached hydrogens (tertiary/aromatic N) is 4. The van der Waals surface area contributed by atoms with Crippen molar-refractivity contribution in [1.82, 2.24) is 14.7 Å². The summed E-state index contributed by atoms with van der Waals surface area (Å²) in [5, 5.41) is 0.827. The molecule has 0 amide bonds. The van der Waals surface area contributed by atoms with Crippen LogP contribution in [-0.2, 0) is 6.54 Å². The summed E-state index contributed by atoms with van der Waals surface area (Å²) in [5.41, 5.74) is 1.39. The van der Waals surface area contributed by atoms with Gasteiger partial charge in [0.25, 0.3) is 0 Å². The first-order valence-electron chi connectivity index (χ1n) is 6.47. The first-order chi connectivity index (χ1) is 8.71. The fraction of sp³-hybridized carbons (Fsp3) is 0.538. The molecule has 18 heavy (non-hydrogen) atoms. The normalized spacial score (nSPS) is 41.3. The summed E-state index contributed by atoms with van der Waals surface area (Å²) in [7, 11) is 0. The molecule has 4 fully saturated rings. The predicted octanol–water partition coefficient (Wildman–Crippen LogP) is 1.35. The van der Waals surface area contributed by atoms with E-state index < -0.39 is 0 Å². The monoisotopic (exact) mass is 265 g/mol. The van der Waals surface area contributed by atoms with Gasteiger partial charge in [0, 0.05) is 10.6 Å². The van der Waals surface area contributed by atoms with Crippen molar-refractivity contribution in [2.45, 2.75) is 6.54 Å². The molecule has 96 valence electrons. The van der Waals surface area contributed by atoms with E-state index in [2.05, 4.69) is 26.8 Å². The number of hydrogen-bond donors (Lipinski definition) is 0. The zero-order chi connectivity index (χ0) is 12.2. The van der Waals surface area contributed by atoms with Crippen LogP contribution < -0.4 is 0 Å². The molecule has 0 unspecified atom stereocenters. The summed E-state index contributed by atoms with van der Waals surface area (Å²) in [4.78, 5) is 7.64. The highest BCUT2D eigenvalue weighted by atomic mass is 35.5. The second kappa shape index (κ2) is 3.92. The second-order valence-electron chi connectivity index (χ2n) is 5.99. The Morgan fingerprint density at radius 2 is 1.39 bits per heavy atom. The van der Waals surface area contributed by atoms with Crippen molar-refractivity contribution in [3.05, 3.63) is 34.9 Å². The van der Waals surface area contributed by atoms with Gasteiger partial charge < -0.3 is 0 Å². The molecule has 0 saturated carbocycles. The number of benzene rings is 1. The van der Waals surface area contributed by atoms with E-state index in [0.29, 0.717) is 0 Å². The van der Waals surface area contributed by atoms with Crippen molar-refractivity contribution < 1.29 is 4.48 Å². The van der Waals surface area contributed by atoms with E-state index >= 15 is 0 Å². The molecule has 0 spiro atoms. The van der Waals surface area contributed by atoms with Gasteiger partial charge in [-0.05, 0) is 12.1 Å². The topological polar surface area (TPSA) is 9.72 Å². The highest BCUT2D eigenvalue weighted by Crippen LogP contribution is 2.30. The van der Waals surface area contributed by atoms with Gasteiger partial charge in [0.1, 0.15) is 26.6 Å². The van der Waals surface area contributed by atoms with Crippen molar-refractivity contribution in [3.8, 4) is 0 Å². The van der Waals surface area contributed by atoms with Gasteiger partial charge in [0.05, 0.1) is 20.0 Å². The van der Waals surface area contributed by atoms with E-state index in [4.69, 9.17) is 11.6 Å². The third-order valence-electron chi connectivity index (χ3n) is 4.13. The van der Waals surface area contributed by atoms with E-state index in [1.54, 1.807) is 0 Å². The van der Waals surface area contributed by atoms with Crippen LogP contribution in [0.5, 0.6) is 0 Å². The smallest absolute Gasteiger partial charge is 0.139 e. The SMILES string of the molecule is Clc1ccc(C[N+]23CN4CN(CN(C4)C2)C3)cc1. The lowest BCUT2D eigenvalue weighted by Gasteiger charge is -2.60. The third kappa shape index (κ3) is 1.85. The van der Waals surface area contributed by atoms with Gasteiger partial charge in [-0.15, -0.1) is 0 Å². The van der Waals surface area contributed by atoms with Crippen LogP contribution in [0, 0.1) is 0 Å². The highest BCUT2D eigenvalue weighted by Gasteiger charge is 2.48. The molecule has 0 N–H and O–H groups in total. The van der Waals surface area contributed by atoms with Crippen LogP contribution in [0.2, 0.25) is 5.02 Å². The minimum atomic E-state index is 0.827. The largest absolute Gasteiger partial charge is 0.282 e. The van der Waals surface area contributed by atoms with Gasteiger partial charge in [-0.3, -0.25) is 4.48 Å². The molecule has 0 aliphatic carbocycles. The molecule has 5 rings (SSSR count). The Hall–Kier alpha value is -0.650. The Morgan fingerprint density at radius 1 is 0.889 bits per heavy atom. The van der Waals surface area contributed by atoms with Crippen LogP contribution in [0.3, 0.4) is 0 Å². The summed E-state index contributed by atoms with van der Waals surface area (Å²) in [6, 6.07) is 8.34. The molecule has 4 saturated heterocycles. The van der Waals surface area contributed by atoms with Gasteiger partial charge in [-0.2, -0.15) is 0 Å². The van der Waals surface area contributed by atoms with Gasteiger partial charge in [-0.25, -0.2) is 14.7 Å². The van der Waals surface area contributed by atoms with Gasteiger partial charge >= 0.3 is 0 Å². The lowest BCUT2D eigenvalue weighted by molar-refractivity contribution is -0.991. The molecule has 4 heterocycles. The zero-order valence-corrected chi connectivity index (χ0v) is 11.2. The molecule has 4 nitrogen and oxygen atoms in total. The number of quaternary nitrogens is 1. The van der Waals surface area contributed by atoms with Crippen molar-refractivity contribution in [1.29, 1.82) is 0 Å². The molecule has 1 aromatic rings. The zero-order valence-electron chi connectivity index (χ0n) is 10.4. The van der Waals surface area contributed by atoms with Crippen LogP contribution in [0.4, 0.5) is 0 Å². The average Bonchev–Trinajstić information content (AvgIpc) is 2.30. The standard InChI is InChI=1S/C13H18ClN4/c14-13-3-1-12(2-4-13)5-18-9-15-6-16(10-18)8-17(7-15)11-18/h1-4H,5-11H2/q+1.